The van der Waals surface area contributed by atoms with Crippen LogP contribution in [-0.4, -0.2) is 48.0 Å². The lowest BCUT2D eigenvalue weighted by molar-refractivity contribution is -0.127. The third kappa shape index (κ3) is 3.58. The molecule has 0 atom stereocenters. The van der Waals surface area contributed by atoms with Gasteiger partial charge in [-0.1, -0.05) is 0 Å². The van der Waals surface area contributed by atoms with Gasteiger partial charge in [0.15, 0.2) is 0 Å². The fourth-order valence-corrected chi connectivity index (χ4v) is 1.38. The summed E-state index contributed by atoms with van der Waals surface area (Å²) in [5, 5.41) is 0. The van der Waals surface area contributed by atoms with Crippen LogP contribution in [0.4, 0.5) is 5.95 Å². The molecule has 0 fully saturated rings. The van der Waals surface area contributed by atoms with E-state index in [9.17, 15) is 4.79 Å². The van der Waals surface area contributed by atoms with Crippen LogP contribution in [0.5, 0.6) is 0 Å². The van der Waals surface area contributed by atoms with Gasteiger partial charge >= 0.3 is 0 Å². The van der Waals surface area contributed by atoms with Crippen molar-refractivity contribution in [1.82, 2.24) is 14.9 Å². The highest BCUT2D eigenvalue weighted by atomic mass is 127. The van der Waals surface area contributed by atoms with E-state index >= 15 is 0 Å². The minimum atomic E-state index is 0.0454. The van der Waals surface area contributed by atoms with Crippen LogP contribution in [0.2, 0.25) is 0 Å². The Bertz CT molecular complexity index is 352. The molecule has 0 bridgehead atoms. The molecule has 0 N–H and O–H groups in total. The van der Waals surface area contributed by atoms with E-state index < -0.39 is 0 Å². The smallest absolute Gasteiger partial charge is 0.241 e. The molecule has 0 aliphatic carbocycles. The number of likely N-dealkylation sites (N-methyl/N-ethyl adjacent to an activating group) is 2. The third-order valence-corrected chi connectivity index (χ3v) is 2.65. The first-order chi connectivity index (χ1) is 7.54. The summed E-state index contributed by atoms with van der Waals surface area (Å²) in [5.74, 6) is 0.641. The SMILES string of the molecule is CCN(CC(=O)N(C)C)c1ncc(I)cn1. The molecule has 1 aromatic heterocycles. The molecule has 0 aliphatic rings. The molecule has 5 nitrogen and oxygen atoms in total. The van der Waals surface area contributed by atoms with E-state index in [1.165, 1.54) is 0 Å². The van der Waals surface area contributed by atoms with Crippen molar-refractivity contribution in [3.05, 3.63) is 16.0 Å². The molecule has 0 saturated carbocycles. The van der Waals surface area contributed by atoms with Gasteiger partial charge in [0, 0.05) is 36.6 Å². The fraction of sp³-hybridized carbons (Fsp3) is 0.500. The van der Waals surface area contributed by atoms with Crippen molar-refractivity contribution in [3.63, 3.8) is 0 Å². The van der Waals surface area contributed by atoms with Crippen molar-refractivity contribution in [3.8, 4) is 0 Å². The van der Waals surface area contributed by atoms with Crippen molar-refractivity contribution in [2.45, 2.75) is 6.92 Å². The van der Waals surface area contributed by atoms with Crippen LogP contribution in [0.1, 0.15) is 6.92 Å². The lowest BCUT2D eigenvalue weighted by Gasteiger charge is -2.21. The van der Waals surface area contributed by atoms with Crippen molar-refractivity contribution in [2.75, 3.05) is 32.1 Å². The van der Waals surface area contributed by atoms with Gasteiger partial charge in [-0.2, -0.15) is 0 Å². The predicted molar refractivity (Wildman–Crippen MR) is 71.3 cm³/mol. The second-order valence-corrected chi connectivity index (χ2v) is 4.75. The first-order valence-electron chi connectivity index (χ1n) is 4.97. The number of carbonyl (C=O) groups excluding carboxylic acids is 1. The second kappa shape index (κ2) is 5.97. The van der Waals surface area contributed by atoms with E-state index in [2.05, 4.69) is 32.6 Å². The summed E-state index contributed by atoms with van der Waals surface area (Å²) in [6.07, 6.45) is 3.48. The van der Waals surface area contributed by atoms with Crippen molar-refractivity contribution >= 4 is 34.4 Å². The molecular weight excluding hydrogens is 319 g/mol. The second-order valence-electron chi connectivity index (χ2n) is 3.50. The van der Waals surface area contributed by atoms with E-state index in [1.807, 2.05) is 11.8 Å². The molecule has 1 amide bonds. The molecular formula is C10H15IN4O. The van der Waals surface area contributed by atoms with Gasteiger partial charge < -0.3 is 9.80 Å². The number of hydrogen-bond acceptors (Lipinski definition) is 4. The molecule has 0 saturated heterocycles. The average Bonchev–Trinajstić information content (AvgIpc) is 2.26. The van der Waals surface area contributed by atoms with Crippen molar-refractivity contribution < 1.29 is 4.79 Å². The molecule has 1 heterocycles. The summed E-state index contributed by atoms with van der Waals surface area (Å²) in [5.41, 5.74) is 0. The van der Waals surface area contributed by atoms with Gasteiger partial charge in [0.1, 0.15) is 0 Å². The van der Waals surface area contributed by atoms with Gasteiger partial charge in [0.2, 0.25) is 11.9 Å². The molecule has 0 radical (unpaired) electrons. The zero-order chi connectivity index (χ0) is 12.1. The number of halogens is 1. The zero-order valence-corrected chi connectivity index (χ0v) is 11.8. The van der Waals surface area contributed by atoms with Crippen LogP contribution in [-0.2, 0) is 4.79 Å². The topological polar surface area (TPSA) is 49.3 Å². The van der Waals surface area contributed by atoms with Crippen LogP contribution in [0, 0.1) is 3.57 Å². The Balaban J connectivity index is 2.74. The summed E-state index contributed by atoms with van der Waals surface area (Å²) in [6, 6.07) is 0. The van der Waals surface area contributed by atoms with E-state index in [0.29, 0.717) is 19.0 Å². The summed E-state index contributed by atoms with van der Waals surface area (Å²) in [6.45, 7) is 2.99. The Morgan fingerprint density at radius 1 is 1.38 bits per heavy atom. The highest BCUT2D eigenvalue weighted by Gasteiger charge is 2.13. The Kier molecular flexibility index (Phi) is 4.91. The Labute approximate surface area is 109 Å². The van der Waals surface area contributed by atoms with Gasteiger partial charge in [0.05, 0.1) is 6.54 Å². The molecule has 0 aliphatic heterocycles. The van der Waals surface area contributed by atoms with Crippen molar-refractivity contribution in [1.29, 1.82) is 0 Å². The Morgan fingerprint density at radius 3 is 2.38 bits per heavy atom. The minimum Gasteiger partial charge on any atom is -0.347 e. The maximum Gasteiger partial charge on any atom is 0.241 e. The number of nitrogens with zero attached hydrogens (tertiary/aromatic N) is 4. The number of rotatable bonds is 4. The normalized spacial score (nSPS) is 10.0. The van der Waals surface area contributed by atoms with Gasteiger partial charge in [-0.15, -0.1) is 0 Å². The van der Waals surface area contributed by atoms with Crippen LogP contribution in [0.3, 0.4) is 0 Å². The molecule has 0 unspecified atom stereocenters. The van der Waals surface area contributed by atoms with E-state index in [4.69, 9.17) is 0 Å². The van der Waals surface area contributed by atoms with Crippen LogP contribution < -0.4 is 4.90 Å². The molecule has 1 aromatic rings. The summed E-state index contributed by atoms with van der Waals surface area (Å²) in [4.78, 5) is 23.4. The number of aromatic nitrogens is 2. The maximum absolute atomic E-state index is 11.6. The highest BCUT2D eigenvalue weighted by molar-refractivity contribution is 14.1. The molecule has 16 heavy (non-hydrogen) atoms. The Hall–Kier alpha value is -0.920. The quantitative estimate of drug-likeness (QED) is 0.771. The first-order valence-corrected chi connectivity index (χ1v) is 6.05. The van der Waals surface area contributed by atoms with Crippen LogP contribution >= 0.6 is 22.6 Å². The summed E-state index contributed by atoms with van der Waals surface area (Å²) in [7, 11) is 3.48. The third-order valence-electron chi connectivity index (χ3n) is 2.10. The first kappa shape index (κ1) is 13.1. The number of anilines is 1. The van der Waals surface area contributed by atoms with E-state index in [-0.39, 0.29) is 5.91 Å². The molecule has 0 aromatic carbocycles. The molecule has 88 valence electrons. The standard InChI is InChI=1S/C10H15IN4O/c1-4-15(7-9(16)14(2)3)10-12-5-8(11)6-13-10/h5-6H,4,7H2,1-3H3. The van der Waals surface area contributed by atoms with Crippen molar-refractivity contribution in [2.24, 2.45) is 0 Å². The minimum absolute atomic E-state index is 0.0454. The largest absolute Gasteiger partial charge is 0.347 e. The van der Waals surface area contributed by atoms with Crippen LogP contribution in [0.15, 0.2) is 12.4 Å². The molecule has 6 heteroatoms. The number of carbonyl (C=O) groups is 1. The molecule has 1 rings (SSSR count). The average molecular weight is 334 g/mol. The van der Waals surface area contributed by atoms with E-state index in [0.717, 1.165) is 3.57 Å². The number of hydrogen-bond donors (Lipinski definition) is 0. The predicted octanol–water partition coefficient (Wildman–Crippen LogP) is 0.996. The zero-order valence-electron chi connectivity index (χ0n) is 9.64. The maximum atomic E-state index is 11.6. The monoisotopic (exact) mass is 334 g/mol. The number of amides is 1. The molecule has 0 spiro atoms. The highest BCUT2D eigenvalue weighted by Crippen LogP contribution is 2.08. The van der Waals surface area contributed by atoms with Gasteiger partial charge in [0.25, 0.3) is 0 Å². The lowest BCUT2D eigenvalue weighted by Crippen LogP contribution is -2.37. The van der Waals surface area contributed by atoms with Gasteiger partial charge in [-0.05, 0) is 29.5 Å². The Morgan fingerprint density at radius 2 is 1.94 bits per heavy atom. The fourth-order valence-electron chi connectivity index (χ4n) is 1.10. The van der Waals surface area contributed by atoms with Gasteiger partial charge in [-0.3, -0.25) is 4.79 Å². The van der Waals surface area contributed by atoms with Crippen LogP contribution in [0.25, 0.3) is 0 Å². The summed E-state index contributed by atoms with van der Waals surface area (Å²) < 4.78 is 0.983. The van der Waals surface area contributed by atoms with E-state index in [1.54, 1.807) is 31.4 Å². The lowest BCUT2D eigenvalue weighted by atomic mass is 10.4. The van der Waals surface area contributed by atoms with Gasteiger partial charge in [-0.25, -0.2) is 9.97 Å². The summed E-state index contributed by atoms with van der Waals surface area (Å²) >= 11 is 2.15.